The van der Waals surface area contributed by atoms with Crippen molar-refractivity contribution in [2.45, 2.75) is 18.7 Å². The van der Waals surface area contributed by atoms with Crippen molar-refractivity contribution in [2.24, 2.45) is 11.8 Å². The lowest BCUT2D eigenvalue weighted by Crippen LogP contribution is -2.30. The number of aliphatic carboxylic acids is 1. The molecule has 1 heterocycles. The molecular formula is C13H15Cl2NO4S. The van der Waals surface area contributed by atoms with E-state index in [0.717, 1.165) is 0 Å². The molecule has 0 unspecified atom stereocenters. The van der Waals surface area contributed by atoms with Crippen LogP contribution in [0.2, 0.25) is 10.0 Å². The molecule has 1 aliphatic rings. The molecule has 1 aromatic rings. The van der Waals surface area contributed by atoms with Gasteiger partial charge in [-0.15, -0.1) is 0 Å². The zero-order valence-electron chi connectivity index (χ0n) is 11.5. The predicted octanol–water partition coefficient (Wildman–Crippen LogP) is 2.64. The van der Waals surface area contributed by atoms with Gasteiger partial charge in [-0.3, -0.25) is 4.79 Å². The minimum atomic E-state index is -3.80. The molecule has 1 saturated heterocycles. The molecule has 1 N–H and O–H groups in total. The number of carboxylic acids is 1. The van der Waals surface area contributed by atoms with Crippen LogP contribution in [0, 0.1) is 18.8 Å². The predicted molar refractivity (Wildman–Crippen MR) is 80.2 cm³/mol. The normalized spacial score (nSPS) is 23.4. The van der Waals surface area contributed by atoms with Crippen molar-refractivity contribution in [2.75, 3.05) is 13.1 Å². The van der Waals surface area contributed by atoms with E-state index < -0.39 is 21.9 Å². The van der Waals surface area contributed by atoms with Gasteiger partial charge in [-0.2, -0.15) is 4.31 Å². The first kappa shape index (κ1) is 16.5. The van der Waals surface area contributed by atoms with Crippen LogP contribution in [0.3, 0.4) is 0 Å². The first-order valence-electron chi connectivity index (χ1n) is 6.33. The quantitative estimate of drug-likeness (QED) is 0.908. The van der Waals surface area contributed by atoms with E-state index in [9.17, 15) is 13.2 Å². The Hall–Kier alpha value is -0.820. The maximum Gasteiger partial charge on any atom is 0.308 e. The van der Waals surface area contributed by atoms with Gasteiger partial charge in [0.05, 0.1) is 10.8 Å². The molecule has 0 amide bonds. The zero-order chi connectivity index (χ0) is 15.9. The number of carboxylic acid groups (broad SMARTS) is 1. The van der Waals surface area contributed by atoms with Crippen molar-refractivity contribution in [3.63, 3.8) is 0 Å². The number of carbonyl (C=O) groups is 1. The summed E-state index contributed by atoms with van der Waals surface area (Å²) in [5.41, 5.74) is 0.607. The lowest BCUT2D eigenvalue weighted by Gasteiger charge is -2.17. The minimum Gasteiger partial charge on any atom is -0.481 e. The van der Waals surface area contributed by atoms with Crippen LogP contribution in [0.4, 0.5) is 0 Å². The van der Waals surface area contributed by atoms with Crippen LogP contribution in [0.1, 0.15) is 12.5 Å². The number of nitrogens with zero attached hydrogens (tertiary/aromatic N) is 1. The second-order valence-corrected chi connectivity index (χ2v) is 8.01. The maximum atomic E-state index is 12.6. The molecule has 1 aromatic carbocycles. The first-order valence-corrected chi connectivity index (χ1v) is 8.52. The smallest absolute Gasteiger partial charge is 0.308 e. The Morgan fingerprint density at radius 3 is 2.24 bits per heavy atom. The minimum absolute atomic E-state index is 0.0126. The summed E-state index contributed by atoms with van der Waals surface area (Å²) in [6.45, 7) is 3.55. The average molecular weight is 352 g/mol. The average Bonchev–Trinajstić information content (AvgIpc) is 2.78. The summed E-state index contributed by atoms with van der Waals surface area (Å²) in [4.78, 5) is 11.1. The van der Waals surface area contributed by atoms with Gasteiger partial charge in [0, 0.05) is 23.1 Å². The van der Waals surface area contributed by atoms with E-state index in [0.29, 0.717) is 5.56 Å². The Balaban J connectivity index is 2.38. The fraction of sp³-hybridized carbons (Fsp3) is 0.462. The molecule has 8 heteroatoms. The Labute approximate surface area is 133 Å². The monoisotopic (exact) mass is 351 g/mol. The standard InChI is InChI=1S/C13H15Cl2NO4S/c1-7-5-16(6-10(7)13(17)18)21(19,20)9-3-11(14)8(2)12(15)4-9/h3-4,7,10H,5-6H2,1-2H3,(H,17,18)/t7-,10-/m1/s1. The van der Waals surface area contributed by atoms with Crippen LogP contribution in [0.5, 0.6) is 0 Å². The summed E-state index contributed by atoms with van der Waals surface area (Å²) >= 11 is 12.0. The van der Waals surface area contributed by atoms with Gasteiger partial charge in [-0.1, -0.05) is 30.1 Å². The molecule has 0 bridgehead atoms. The highest BCUT2D eigenvalue weighted by Gasteiger charge is 2.40. The van der Waals surface area contributed by atoms with E-state index >= 15 is 0 Å². The Morgan fingerprint density at radius 1 is 1.29 bits per heavy atom. The van der Waals surface area contributed by atoms with Crippen LogP contribution in [-0.4, -0.2) is 36.9 Å². The first-order chi connectivity index (χ1) is 9.64. The van der Waals surface area contributed by atoms with Crippen molar-refractivity contribution in [1.82, 2.24) is 4.31 Å². The third-order valence-corrected chi connectivity index (χ3v) is 6.38. The fourth-order valence-electron chi connectivity index (χ4n) is 2.36. The third kappa shape index (κ3) is 3.04. The molecule has 0 aromatic heterocycles. The third-order valence-electron chi connectivity index (χ3n) is 3.79. The highest BCUT2D eigenvalue weighted by atomic mass is 35.5. The molecule has 0 radical (unpaired) electrons. The summed E-state index contributed by atoms with van der Waals surface area (Å²) in [5, 5.41) is 9.63. The van der Waals surface area contributed by atoms with Gasteiger partial charge < -0.3 is 5.11 Å². The van der Waals surface area contributed by atoms with E-state index in [1.165, 1.54) is 16.4 Å². The van der Waals surface area contributed by atoms with Gasteiger partial charge in [0.2, 0.25) is 10.0 Å². The number of hydrogen-bond acceptors (Lipinski definition) is 3. The fourth-order valence-corrected chi connectivity index (χ4v) is 4.60. The lowest BCUT2D eigenvalue weighted by atomic mass is 9.99. The van der Waals surface area contributed by atoms with E-state index in [1.54, 1.807) is 13.8 Å². The Kier molecular flexibility index (Phi) is 4.54. The number of benzene rings is 1. The van der Waals surface area contributed by atoms with Crippen LogP contribution in [0.15, 0.2) is 17.0 Å². The zero-order valence-corrected chi connectivity index (χ0v) is 13.8. The Morgan fingerprint density at radius 2 is 1.81 bits per heavy atom. The van der Waals surface area contributed by atoms with E-state index in [2.05, 4.69) is 0 Å². The highest BCUT2D eigenvalue weighted by Crippen LogP contribution is 2.32. The van der Waals surface area contributed by atoms with Crippen LogP contribution >= 0.6 is 23.2 Å². The van der Waals surface area contributed by atoms with Crippen molar-refractivity contribution in [1.29, 1.82) is 0 Å². The summed E-state index contributed by atoms with van der Waals surface area (Å²) in [6.07, 6.45) is 0. The van der Waals surface area contributed by atoms with E-state index in [-0.39, 0.29) is 33.9 Å². The lowest BCUT2D eigenvalue weighted by molar-refractivity contribution is -0.142. The molecule has 0 spiro atoms. The highest BCUT2D eigenvalue weighted by molar-refractivity contribution is 7.89. The van der Waals surface area contributed by atoms with Gasteiger partial charge in [0.25, 0.3) is 0 Å². The topological polar surface area (TPSA) is 74.7 Å². The van der Waals surface area contributed by atoms with Crippen LogP contribution in [-0.2, 0) is 14.8 Å². The van der Waals surface area contributed by atoms with Gasteiger partial charge in [-0.05, 0) is 30.5 Å². The molecule has 116 valence electrons. The summed E-state index contributed by atoms with van der Waals surface area (Å²) in [5.74, 6) is -1.93. The van der Waals surface area contributed by atoms with E-state index in [1.807, 2.05) is 0 Å². The summed E-state index contributed by atoms with van der Waals surface area (Å²) < 4.78 is 26.3. The van der Waals surface area contributed by atoms with Crippen molar-refractivity contribution >= 4 is 39.2 Å². The molecule has 0 saturated carbocycles. The Bertz CT molecular complexity index is 666. The van der Waals surface area contributed by atoms with Gasteiger partial charge in [-0.25, -0.2) is 8.42 Å². The molecular weight excluding hydrogens is 337 g/mol. The number of halogens is 2. The molecule has 2 rings (SSSR count). The van der Waals surface area contributed by atoms with Crippen LogP contribution < -0.4 is 0 Å². The molecule has 2 atom stereocenters. The van der Waals surface area contributed by atoms with Crippen molar-refractivity contribution < 1.29 is 18.3 Å². The molecule has 0 aliphatic carbocycles. The second-order valence-electron chi connectivity index (χ2n) is 5.26. The largest absolute Gasteiger partial charge is 0.481 e. The maximum absolute atomic E-state index is 12.6. The molecule has 1 fully saturated rings. The summed E-state index contributed by atoms with van der Waals surface area (Å²) in [6, 6.07) is 2.69. The molecule has 5 nitrogen and oxygen atoms in total. The summed E-state index contributed by atoms with van der Waals surface area (Å²) in [7, 11) is -3.80. The number of rotatable bonds is 3. The van der Waals surface area contributed by atoms with Crippen molar-refractivity contribution in [3.8, 4) is 0 Å². The van der Waals surface area contributed by atoms with Crippen molar-refractivity contribution in [3.05, 3.63) is 27.7 Å². The van der Waals surface area contributed by atoms with Gasteiger partial charge in [0.15, 0.2) is 0 Å². The second kappa shape index (κ2) is 5.76. The molecule has 1 aliphatic heterocycles. The van der Waals surface area contributed by atoms with Gasteiger partial charge >= 0.3 is 5.97 Å². The van der Waals surface area contributed by atoms with Crippen LogP contribution in [0.25, 0.3) is 0 Å². The molecule has 21 heavy (non-hydrogen) atoms. The van der Waals surface area contributed by atoms with Gasteiger partial charge in [0.1, 0.15) is 0 Å². The SMILES string of the molecule is Cc1c(Cl)cc(S(=O)(=O)N2C[C@@H](C)[C@H](C(=O)O)C2)cc1Cl. The number of sulfonamides is 1. The van der Waals surface area contributed by atoms with E-state index in [4.69, 9.17) is 28.3 Å². The number of hydrogen-bond donors (Lipinski definition) is 1.